The maximum atomic E-state index is 12.3. The van der Waals surface area contributed by atoms with E-state index in [0.29, 0.717) is 10.6 Å². The normalized spacial score (nSPS) is 10.3. The Morgan fingerprint density at radius 1 is 1.04 bits per heavy atom. The Morgan fingerprint density at radius 2 is 1.71 bits per heavy atom. The average molecular weight is 346 g/mol. The number of carbonyl (C=O) groups is 3. The molecule has 2 rings (SSSR count). The lowest BCUT2D eigenvalue weighted by molar-refractivity contribution is -0.139. The quantitative estimate of drug-likeness (QED) is 0.578. The molecule has 7 nitrogen and oxygen atoms in total. The van der Waals surface area contributed by atoms with Gasteiger partial charge in [0.05, 0.1) is 10.7 Å². The van der Waals surface area contributed by atoms with Crippen molar-refractivity contribution in [1.82, 2.24) is 21.2 Å². The first-order valence-electron chi connectivity index (χ1n) is 7.32. The van der Waals surface area contributed by atoms with Gasteiger partial charge in [0.15, 0.2) is 0 Å². The molecule has 0 fully saturated rings. The van der Waals surface area contributed by atoms with E-state index < -0.39 is 17.7 Å². The molecule has 3 N–H and O–H groups in total. The van der Waals surface area contributed by atoms with Crippen molar-refractivity contribution in [3.8, 4) is 11.3 Å². The van der Waals surface area contributed by atoms with Crippen LogP contribution in [0.5, 0.6) is 0 Å². The third-order valence-electron chi connectivity index (χ3n) is 2.90. The second-order valence-electron chi connectivity index (χ2n) is 5.31. The van der Waals surface area contributed by atoms with Gasteiger partial charge in [0, 0.05) is 11.6 Å². The van der Waals surface area contributed by atoms with Crippen LogP contribution in [0.3, 0.4) is 0 Å². The number of aromatic nitrogens is 1. The fourth-order valence-electron chi connectivity index (χ4n) is 1.93. The van der Waals surface area contributed by atoms with Crippen molar-refractivity contribution in [2.45, 2.75) is 26.8 Å². The standard InChI is InChI=1S/C16H18N4O3S/c1-9(2)17-15(22)16(23)20-19-14(21)13-12(18-10(3)24-13)11-7-5-4-6-8-11/h4-9H,1-3H3,(H,17,22)(H,19,21)(H,20,23). The molecule has 0 saturated heterocycles. The summed E-state index contributed by atoms with van der Waals surface area (Å²) in [5, 5.41) is 3.16. The Balaban J connectivity index is 2.08. The van der Waals surface area contributed by atoms with Crippen molar-refractivity contribution in [1.29, 1.82) is 0 Å². The first-order valence-corrected chi connectivity index (χ1v) is 8.14. The van der Waals surface area contributed by atoms with Crippen LogP contribution in [0, 0.1) is 6.92 Å². The molecule has 24 heavy (non-hydrogen) atoms. The molecule has 1 aromatic heterocycles. The number of carbonyl (C=O) groups excluding carboxylic acids is 3. The van der Waals surface area contributed by atoms with Gasteiger partial charge in [0.2, 0.25) is 0 Å². The molecule has 1 aromatic carbocycles. The highest BCUT2D eigenvalue weighted by Crippen LogP contribution is 2.27. The molecule has 0 radical (unpaired) electrons. The van der Waals surface area contributed by atoms with E-state index in [2.05, 4.69) is 21.2 Å². The van der Waals surface area contributed by atoms with Gasteiger partial charge in [0.25, 0.3) is 5.91 Å². The van der Waals surface area contributed by atoms with Gasteiger partial charge in [-0.15, -0.1) is 11.3 Å². The summed E-state index contributed by atoms with van der Waals surface area (Å²) >= 11 is 1.21. The molecule has 0 bridgehead atoms. The number of aryl methyl sites for hydroxylation is 1. The van der Waals surface area contributed by atoms with Crippen LogP contribution in [-0.2, 0) is 9.59 Å². The smallest absolute Gasteiger partial charge is 0.327 e. The number of hydrazine groups is 1. The molecule has 0 aliphatic carbocycles. The summed E-state index contributed by atoms with van der Waals surface area (Å²) in [7, 11) is 0. The topological polar surface area (TPSA) is 100 Å². The van der Waals surface area contributed by atoms with Gasteiger partial charge in [-0.1, -0.05) is 30.3 Å². The Bertz CT molecular complexity index is 756. The molecule has 2 aromatic rings. The van der Waals surface area contributed by atoms with E-state index in [1.165, 1.54) is 11.3 Å². The summed E-state index contributed by atoms with van der Waals surface area (Å²) in [6.07, 6.45) is 0. The predicted octanol–water partition coefficient (Wildman–Crippen LogP) is 1.40. The third-order valence-corrected chi connectivity index (χ3v) is 3.87. The molecule has 0 aliphatic heterocycles. The zero-order chi connectivity index (χ0) is 17.7. The highest BCUT2D eigenvalue weighted by Gasteiger charge is 2.20. The molecule has 1 heterocycles. The van der Waals surface area contributed by atoms with Crippen molar-refractivity contribution in [3.05, 3.63) is 40.2 Å². The van der Waals surface area contributed by atoms with Crippen LogP contribution in [0.2, 0.25) is 0 Å². The van der Waals surface area contributed by atoms with Crippen molar-refractivity contribution in [2.24, 2.45) is 0 Å². The van der Waals surface area contributed by atoms with E-state index in [1.54, 1.807) is 20.8 Å². The monoisotopic (exact) mass is 346 g/mol. The summed E-state index contributed by atoms with van der Waals surface area (Å²) in [5.74, 6) is -2.27. The van der Waals surface area contributed by atoms with Crippen LogP contribution in [0.15, 0.2) is 30.3 Å². The van der Waals surface area contributed by atoms with Crippen LogP contribution in [0.4, 0.5) is 0 Å². The van der Waals surface area contributed by atoms with Gasteiger partial charge in [-0.2, -0.15) is 0 Å². The molecule has 0 aliphatic rings. The SMILES string of the molecule is Cc1nc(-c2ccccc2)c(C(=O)NNC(=O)C(=O)NC(C)C)s1. The number of hydrogen-bond donors (Lipinski definition) is 3. The van der Waals surface area contributed by atoms with Crippen molar-refractivity contribution >= 4 is 29.1 Å². The Hall–Kier alpha value is -2.74. The minimum Gasteiger partial charge on any atom is -0.346 e. The zero-order valence-electron chi connectivity index (χ0n) is 13.5. The Labute approximate surface area is 143 Å². The number of benzene rings is 1. The molecule has 8 heteroatoms. The molecular formula is C16H18N4O3S. The molecule has 0 atom stereocenters. The van der Waals surface area contributed by atoms with Gasteiger partial charge in [-0.25, -0.2) is 4.98 Å². The van der Waals surface area contributed by atoms with E-state index in [9.17, 15) is 14.4 Å². The van der Waals surface area contributed by atoms with Crippen LogP contribution in [-0.4, -0.2) is 28.7 Å². The average Bonchev–Trinajstić information content (AvgIpc) is 2.94. The van der Waals surface area contributed by atoms with E-state index in [-0.39, 0.29) is 6.04 Å². The van der Waals surface area contributed by atoms with Crippen molar-refractivity contribution in [2.75, 3.05) is 0 Å². The largest absolute Gasteiger partial charge is 0.346 e. The fourth-order valence-corrected chi connectivity index (χ4v) is 2.76. The van der Waals surface area contributed by atoms with Gasteiger partial charge in [-0.05, 0) is 20.8 Å². The number of hydrogen-bond acceptors (Lipinski definition) is 5. The molecule has 0 unspecified atom stereocenters. The first kappa shape index (κ1) is 17.6. The summed E-state index contributed by atoms with van der Waals surface area (Å²) in [6.45, 7) is 5.26. The maximum Gasteiger partial charge on any atom is 0.327 e. The fraction of sp³-hybridized carbons (Fsp3) is 0.250. The van der Waals surface area contributed by atoms with E-state index in [0.717, 1.165) is 10.6 Å². The van der Waals surface area contributed by atoms with Crippen LogP contribution in [0.1, 0.15) is 28.5 Å². The van der Waals surface area contributed by atoms with Crippen molar-refractivity contribution < 1.29 is 14.4 Å². The number of nitrogens with zero attached hydrogens (tertiary/aromatic N) is 1. The lowest BCUT2D eigenvalue weighted by Gasteiger charge is -2.09. The van der Waals surface area contributed by atoms with Gasteiger partial charge >= 0.3 is 11.8 Å². The van der Waals surface area contributed by atoms with Crippen LogP contribution < -0.4 is 16.2 Å². The maximum absolute atomic E-state index is 12.3. The molecule has 0 saturated carbocycles. The lowest BCUT2D eigenvalue weighted by atomic mass is 10.1. The summed E-state index contributed by atoms with van der Waals surface area (Å²) < 4.78 is 0. The number of thiazole rings is 1. The van der Waals surface area contributed by atoms with E-state index >= 15 is 0 Å². The van der Waals surface area contributed by atoms with Crippen LogP contribution in [0.25, 0.3) is 11.3 Å². The molecular weight excluding hydrogens is 328 g/mol. The Kier molecular flexibility index (Phi) is 5.64. The number of rotatable bonds is 3. The predicted molar refractivity (Wildman–Crippen MR) is 91.2 cm³/mol. The highest BCUT2D eigenvalue weighted by atomic mass is 32.1. The van der Waals surface area contributed by atoms with Gasteiger partial charge in [-0.3, -0.25) is 25.2 Å². The minimum absolute atomic E-state index is 0.173. The number of nitrogens with one attached hydrogen (secondary N) is 3. The minimum atomic E-state index is -0.931. The highest BCUT2D eigenvalue weighted by molar-refractivity contribution is 7.14. The van der Waals surface area contributed by atoms with E-state index in [4.69, 9.17) is 0 Å². The van der Waals surface area contributed by atoms with E-state index in [1.807, 2.05) is 30.3 Å². The summed E-state index contributed by atoms with van der Waals surface area (Å²) in [4.78, 5) is 40.2. The zero-order valence-corrected chi connectivity index (χ0v) is 14.4. The third kappa shape index (κ3) is 4.39. The van der Waals surface area contributed by atoms with Gasteiger partial charge in [0.1, 0.15) is 4.88 Å². The Morgan fingerprint density at radius 3 is 2.33 bits per heavy atom. The first-order chi connectivity index (χ1) is 11.4. The van der Waals surface area contributed by atoms with Crippen molar-refractivity contribution in [3.63, 3.8) is 0 Å². The molecule has 3 amide bonds. The second kappa shape index (κ2) is 7.69. The second-order valence-corrected chi connectivity index (χ2v) is 6.52. The summed E-state index contributed by atoms with van der Waals surface area (Å²) in [5.41, 5.74) is 5.69. The molecule has 126 valence electrons. The van der Waals surface area contributed by atoms with Gasteiger partial charge < -0.3 is 5.32 Å². The number of amides is 3. The van der Waals surface area contributed by atoms with Crippen LogP contribution >= 0.6 is 11.3 Å². The molecule has 0 spiro atoms. The summed E-state index contributed by atoms with van der Waals surface area (Å²) in [6, 6.07) is 9.09. The lowest BCUT2D eigenvalue weighted by Crippen LogP contribution is -2.49.